The van der Waals surface area contributed by atoms with Gasteiger partial charge in [0.15, 0.2) is 0 Å². The maximum Gasteiger partial charge on any atom is 0.148 e. The molecular weight excluding hydrogens is 353 g/mol. The molecule has 0 atom stereocenters. The number of nitrogens with zero attached hydrogens (tertiary/aromatic N) is 2. The highest BCUT2D eigenvalue weighted by molar-refractivity contribution is 8.23. The molecule has 3 rings (SSSR count). The first-order valence-corrected chi connectivity index (χ1v) is 10.2. The lowest BCUT2D eigenvalue weighted by molar-refractivity contribution is 0.329. The van der Waals surface area contributed by atoms with Crippen molar-refractivity contribution in [3.05, 3.63) is 59.4 Å². The summed E-state index contributed by atoms with van der Waals surface area (Å²) in [6.07, 6.45) is 1.76. The second-order valence-corrected chi connectivity index (χ2v) is 8.40. The Morgan fingerprint density at radius 3 is 2.62 bits per heavy atom. The molecule has 0 saturated heterocycles. The molecule has 1 heterocycles. The second kappa shape index (κ2) is 7.94. The standard InChI is InChI=1S/C19H26FN3O2S/c1-15-9-10-19(17(20)13-15)23-18-8-4-3-7-16(18)14-22(26(23,24)25)12-6-5-11-21-2/h3-4,7-10,13,21,24-25H,5-6,11-12,14H2,1-2H3. The zero-order chi connectivity index (χ0) is 18.7. The lowest BCUT2D eigenvalue weighted by atomic mass is 10.1. The van der Waals surface area contributed by atoms with Crippen molar-refractivity contribution in [1.29, 1.82) is 0 Å². The van der Waals surface area contributed by atoms with Gasteiger partial charge in [-0.15, -0.1) is 0 Å². The predicted molar refractivity (Wildman–Crippen MR) is 106 cm³/mol. The maximum atomic E-state index is 14.7. The molecule has 1 aliphatic heterocycles. The molecule has 1 aliphatic rings. The number of hydrogen-bond acceptors (Lipinski definition) is 5. The van der Waals surface area contributed by atoms with Gasteiger partial charge in [0.05, 0.1) is 11.4 Å². The zero-order valence-electron chi connectivity index (χ0n) is 15.2. The summed E-state index contributed by atoms with van der Waals surface area (Å²) in [7, 11) is -1.45. The van der Waals surface area contributed by atoms with Crippen molar-refractivity contribution in [3.8, 4) is 0 Å². The van der Waals surface area contributed by atoms with E-state index in [9.17, 15) is 13.5 Å². The summed E-state index contributed by atoms with van der Waals surface area (Å²) in [6.45, 7) is 3.65. The van der Waals surface area contributed by atoms with E-state index in [-0.39, 0.29) is 5.69 Å². The highest BCUT2D eigenvalue weighted by Gasteiger charge is 2.38. The quantitative estimate of drug-likeness (QED) is 0.637. The second-order valence-electron chi connectivity index (χ2n) is 6.54. The van der Waals surface area contributed by atoms with Gasteiger partial charge in [0.25, 0.3) is 0 Å². The van der Waals surface area contributed by atoms with Crippen molar-refractivity contribution in [3.63, 3.8) is 0 Å². The van der Waals surface area contributed by atoms with E-state index in [1.54, 1.807) is 22.5 Å². The van der Waals surface area contributed by atoms with Crippen LogP contribution in [0.3, 0.4) is 0 Å². The van der Waals surface area contributed by atoms with Crippen LogP contribution in [0.5, 0.6) is 0 Å². The van der Waals surface area contributed by atoms with Gasteiger partial charge in [-0.25, -0.2) is 8.70 Å². The third kappa shape index (κ3) is 3.72. The number of hydrogen-bond donors (Lipinski definition) is 3. The number of nitrogens with one attached hydrogen (secondary N) is 1. The van der Waals surface area contributed by atoms with Gasteiger partial charge in [-0.2, -0.15) is 4.31 Å². The molecule has 7 heteroatoms. The molecule has 0 radical (unpaired) electrons. The Labute approximate surface area is 156 Å². The summed E-state index contributed by atoms with van der Waals surface area (Å²) in [4.78, 5) is 0. The lowest BCUT2D eigenvalue weighted by Gasteiger charge is -2.54. The molecule has 0 fully saturated rings. The van der Waals surface area contributed by atoms with Crippen molar-refractivity contribution in [2.45, 2.75) is 26.3 Å². The Balaban J connectivity index is 1.99. The largest absolute Gasteiger partial charge is 0.320 e. The minimum absolute atomic E-state index is 0.183. The molecule has 0 amide bonds. The predicted octanol–water partition coefficient (Wildman–Crippen LogP) is 4.67. The topological polar surface area (TPSA) is 59.0 Å². The van der Waals surface area contributed by atoms with Gasteiger partial charge in [-0.1, -0.05) is 24.3 Å². The summed E-state index contributed by atoms with van der Waals surface area (Å²) in [5.41, 5.74) is 2.56. The molecule has 5 nitrogen and oxygen atoms in total. The van der Waals surface area contributed by atoms with Crippen LogP contribution in [0.2, 0.25) is 0 Å². The molecule has 0 unspecified atom stereocenters. The summed E-state index contributed by atoms with van der Waals surface area (Å²) in [5.74, 6) is -0.461. The third-order valence-electron chi connectivity index (χ3n) is 4.55. The molecule has 0 aliphatic carbocycles. The molecule has 3 N–H and O–H groups in total. The molecular formula is C19H26FN3O2S. The fourth-order valence-corrected chi connectivity index (χ4v) is 4.97. The van der Waals surface area contributed by atoms with Crippen LogP contribution in [0, 0.1) is 12.7 Å². The summed E-state index contributed by atoms with van der Waals surface area (Å²) < 4.78 is 39.8. The summed E-state index contributed by atoms with van der Waals surface area (Å²) in [6, 6.07) is 12.3. The number of aryl methyl sites for hydroxylation is 1. The van der Waals surface area contributed by atoms with E-state index >= 15 is 0 Å². The smallest absolute Gasteiger partial charge is 0.148 e. The molecule has 0 saturated carbocycles. The number of anilines is 2. The maximum absolute atomic E-state index is 14.7. The monoisotopic (exact) mass is 379 g/mol. The van der Waals surface area contributed by atoms with Crippen LogP contribution in [-0.4, -0.2) is 33.5 Å². The zero-order valence-corrected chi connectivity index (χ0v) is 16.0. The number of fused-ring (bicyclic) bond motifs is 1. The SMILES string of the molecule is CNCCCCN1Cc2ccccc2N(c2ccc(C)cc2F)S1(O)O. The van der Waals surface area contributed by atoms with E-state index in [0.29, 0.717) is 18.8 Å². The van der Waals surface area contributed by atoms with Crippen molar-refractivity contribution >= 4 is 22.3 Å². The Kier molecular flexibility index (Phi) is 5.84. The van der Waals surface area contributed by atoms with E-state index in [1.165, 1.54) is 10.4 Å². The van der Waals surface area contributed by atoms with Crippen LogP contribution in [0.15, 0.2) is 42.5 Å². The first kappa shape index (κ1) is 19.1. The first-order chi connectivity index (χ1) is 12.4. The molecule has 2 aromatic carbocycles. The minimum atomic E-state index is -3.35. The van der Waals surface area contributed by atoms with Gasteiger partial charge in [-0.3, -0.25) is 9.11 Å². The van der Waals surface area contributed by atoms with E-state index < -0.39 is 16.8 Å². The van der Waals surface area contributed by atoms with Gasteiger partial charge in [0.2, 0.25) is 0 Å². The highest BCUT2D eigenvalue weighted by atomic mass is 32.3. The van der Waals surface area contributed by atoms with Crippen LogP contribution in [0.25, 0.3) is 0 Å². The van der Waals surface area contributed by atoms with Gasteiger partial charge in [0, 0.05) is 13.1 Å². The Morgan fingerprint density at radius 2 is 1.88 bits per heavy atom. The van der Waals surface area contributed by atoms with Gasteiger partial charge < -0.3 is 5.32 Å². The van der Waals surface area contributed by atoms with Crippen LogP contribution >= 0.6 is 11.0 Å². The van der Waals surface area contributed by atoms with Crippen LogP contribution in [-0.2, 0) is 6.54 Å². The fourth-order valence-electron chi connectivity index (χ4n) is 3.20. The number of unbranched alkanes of at least 4 members (excludes halogenated alkanes) is 1. The Morgan fingerprint density at radius 1 is 1.12 bits per heavy atom. The number of rotatable bonds is 6. The van der Waals surface area contributed by atoms with Crippen molar-refractivity contribution in [2.24, 2.45) is 0 Å². The number of halogens is 1. The van der Waals surface area contributed by atoms with Crippen molar-refractivity contribution in [2.75, 3.05) is 24.4 Å². The van der Waals surface area contributed by atoms with Crippen LogP contribution in [0.1, 0.15) is 24.0 Å². The molecule has 142 valence electrons. The van der Waals surface area contributed by atoms with Gasteiger partial charge in [0.1, 0.15) is 5.82 Å². The van der Waals surface area contributed by atoms with Gasteiger partial charge >= 0.3 is 0 Å². The summed E-state index contributed by atoms with van der Waals surface area (Å²) >= 11 is 0. The summed E-state index contributed by atoms with van der Waals surface area (Å²) in [5, 5.41) is 3.09. The molecule has 2 aromatic rings. The number of para-hydroxylation sites is 1. The molecule has 26 heavy (non-hydrogen) atoms. The number of benzene rings is 2. The molecule has 0 spiro atoms. The average Bonchev–Trinajstić information content (AvgIpc) is 2.60. The Hall–Kier alpha value is -1.64. The van der Waals surface area contributed by atoms with Crippen molar-refractivity contribution < 1.29 is 13.5 Å². The highest BCUT2D eigenvalue weighted by Crippen LogP contribution is 2.59. The fraction of sp³-hybridized carbons (Fsp3) is 0.368. The van der Waals surface area contributed by atoms with Crippen LogP contribution < -0.4 is 9.62 Å². The Bertz CT molecular complexity index is 772. The minimum Gasteiger partial charge on any atom is -0.320 e. The molecule has 0 bridgehead atoms. The lowest BCUT2D eigenvalue weighted by Crippen LogP contribution is -2.42. The average molecular weight is 380 g/mol. The normalized spacial score (nSPS) is 17.8. The van der Waals surface area contributed by atoms with Gasteiger partial charge in [-0.05, 0) is 73.6 Å². The van der Waals surface area contributed by atoms with Crippen LogP contribution in [0.4, 0.5) is 15.8 Å². The molecule has 0 aromatic heterocycles. The van der Waals surface area contributed by atoms with E-state index in [1.807, 2.05) is 32.2 Å². The first-order valence-electron chi connectivity index (χ1n) is 8.77. The van der Waals surface area contributed by atoms with Crippen molar-refractivity contribution in [1.82, 2.24) is 9.62 Å². The van der Waals surface area contributed by atoms with E-state index in [0.717, 1.165) is 30.5 Å². The van der Waals surface area contributed by atoms with E-state index in [2.05, 4.69) is 5.32 Å². The van der Waals surface area contributed by atoms with E-state index in [4.69, 9.17) is 0 Å². The third-order valence-corrected chi connectivity index (χ3v) is 6.44.